The van der Waals surface area contributed by atoms with Gasteiger partial charge in [0.2, 0.25) is 15.9 Å². The van der Waals surface area contributed by atoms with E-state index in [9.17, 15) is 13.2 Å². The summed E-state index contributed by atoms with van der Waals surface area (Å²) >= 11 is 0. The third-order valence-electron chi connectivity index (χ3n) is 6.73. The maximum absolute atomic E-state index is 13.7. The fraction of sp³-hybridized carbons (Fsp3) is 0.345. The summed E-state index contributed by atoms with van der Waals surface area (Å²) in [4.78, 5) is 16.9. The Morgan fingerprint density at radius 3 is 2.11 bits per heavy atom. The number of amides is 1. The molecule has 3 aromatic rings. The first-order chi connectivity index (χ1) is 18.2. The standard InChI is InChI=1S/C29H36N4O4S/c1-21(2)29(34)30-24-10-15-27(28(20-24)38(35,36)31-22(3)23-8-6-5-7-9-23)33-18-16-32(17-19-33)25-11-13-26(37-4)14-12-25/h5-15,20-22,31H,16-19H2,1-4H3,(H,30,34)/t22-/m0/s1. The number of methoxy groups -OCH3 is 1. The van der Waals surface area contributed by atoms with Gasteiger partial charge >= 0.3 is 0 Å². The van der Waals surface area contributed by atoms with E-state index in [1.165, 1.54) is 0 Å². The molecule has 8 nitrogen and oxygen atoms in total. The number of piperazine rings is 1. The van der Waals surface area contributed by atoms with Crippen molar-refractivity contribution in [2.75, 3.05) is 48.4 Å². The molecule has 0 aromatic heterocycles. The van der Waals surface area contributed by atoms with Gasteiger partial charge < -0.3 is 19.9 Å². The molecule has 0 bridgehead atoms. The topological polar surface area (TPSA) is 91.0 Å². The van der Waals surface area contributed by atoms with Gasteiger partial charge in [0.15, 0.2) is 0 Å². The molecule has 202 valence electrons. The van der Waals surface area contributed by atoms with Gasteiger partial charge in [0, 0.05) is 49.5 Å². The van der Waals surface area contributed by atoms with Crippen molar-refractivity contribution < 1.29 is 17.9 Å². The molecule has 1 atom stereocenters. The SMILES string of the molecule is COc1ccc(N2CCN(c3ccc(NC(=O)C(C)C)cc3S(=O)(=O)N[C@@H](C)c3ccccc3)CC2)cc1. The normalized spacial score (nSPS) is 14.9. The Labute approximate surface area is 225 Å². The number of sulfonamides is 1. The first-order valence-electron chi connectivity index (χ1n) is 12.8. The van der Waals surface area contributed by atoms with Crippen molar-refractivity contribution in [3.05, 3.63) is 78.4 Å². The number of anilines is 3. The largest absolute Gasteiger partial charge is 0.497 e. The van der Waals surface area contributed by atoms with Gasteiger partial charge in [0.1, 0.15) is 10.6 Å². The highest BCUT2D eigenvalue weighted by Gasteiger charge is 2.27. The van der Waals surface area contributed by atoms with Crippen LogP contribution in [-0.4, -0.2) is 47.6 Å². The van der Waals surface area contributed by atoms with Gasteiger partial charge in [-0.05, 0) is 55.0 Å². The molecule has 0 spiro atoms. The van der Waals surface area contributed by atoms with E-state index in [1.807, 2.05) is 61.5 Å². The molecule has 9 heteroatoms. The molecule has 0 aliphatic carbocycles. The second-order valence-corrected chi connectivity index (χ2v) is 11.4. The van der Waals surface area contributed by atoms with E-state index in [-0.39, 0.29) is 16.7 Å². The van der Waals surface area contributed by atoms with E-state index in [4.69, 9.17) is 4.74 Å². The van der Waals surface area contributed by atoms with Crippen molar-refractivity contribution in [2.45, 2.75) is 31.7 Å². The Kier molecular flexibility index (Phi) is 8.58. The van der Waals surface area contributed by atoms with Crippen LogP contribution in [0.4, 0.5) is 17.1 Å². The predicted molar refractivity (Wildman–Crippen MR) is 153 cm³/mol. The van der Waals surface area contributed by atoms with Crippen LogP contribution in [0.5, 0.6) is 5.75 Å². The van der Waals surface area contributed by atoms with E-state index < -0.39 is 16.1 Å². The average molecular weight is 537 g/mol. The molecule has 38 heavy (non-hydrogen) atoms. The first kappa shape index (κ1) is 27.5. The van der Waals surface area contributed by atoms with Crippen LogP contribution >= 0.6 is 0 Å². The number of carbonyl (C=O) groups is 1. The van der Waals surface area contributed by atoms with Crippen LogP contribution in [0.2, 0.25) is 0 Å². The van der Waals surface area contributed by atoms with Gasteiger partial charge in [-0.1, -0.05) is 44.2 Å². The van der Waals surface area contributed by atoms with Crippen LogP contribution in [0.15, 0.2) is 77.7 Å². The number of ether oxygens (including phenoxy) is 1. The van der Waals surface area contributed by atoms with Gasteiger partial charge in [0.25, 0.3) is 0 Å². The number of rotatable bonds is 9. The first-order valence-corrected chi connectivity index (χ1v) is 14.3. The lowest BCUT2D eigenvalue weighted by Crippen LogP contribution is -2.47. The average Bonchev–Trinajstić information content (AvgIpc) is 2.93. The van der Waals surface area contributed by atoms with Crippen LogP contribution in [-0.2, 0) is 14.8 Å². The molecule has 1 fully saturated rings. The Bertz CT molecular complexity index is 1340. The monoisotopic (exact) mass is 536 g/mol. The van der Waals surface area contributed by atoms with E-state index in [0.717, 1.165) is 30.1 Å². The molecule has 1 heterocycles. The minimum absolute atomic E-state index is 0.153. The zero-order valence-electron chi connectivity index (χ0n) is 22.3. The summed E-state index contributed by atoms with van der Waals surface area (Å²) < 4.78 is 35.5. The van der Waals surface area contributed by atoms with Crippen LogP contribution in [0.3, 0.4) is 0 Å². The molecular formula is C29H36N4O4S. The summed E-state index contributed by atoms with van der Waals surface area (Å²) in [7, 11) is -2.26. The highest BCUT2D eigenvalue weighted by atomic mass is 32.2. The molecule has 4 rings (SSSR count). The van der Waals surface area contributed by atoms with Crippen molar-refractivity contribution in [1.82, 2.24) is 4.72 Å². The number of hydrogen-bond acceptors (Lipinski definition) is 6. The van der Waals surface area contributed by atoms with E-state index in [1.54, 1.807) is 39.2 Å². The summed E-state index contributed by atoms with van der Waals surface area (Å²) in [5.74, 6) is 0.418. The zero-order valence-corrected chi connectivity index (χ0v) is 23.2. The van der Waals surface area contributed by atoms with Gasteiger partial charge in [0.05, 0.1) is 12.8 Å². The van der Waals surface area contributed by atoms with E-state index in [0.29, 0.717) is 24.5 Å². The third-order valence-corrected chi connectivity index (χ3v) is 8.30. The Hall–Kier alpha value is -3.56. The minimum Gasteiger partial charge on any atom is -0.497 e. The second kappa shape index (κ2) is 11.9. The molecule has 0 unspecified atom stereocenters. The fourth-order valence-corrected chi connectivity index (χ4v) is 5.94. The molecular weight excluding hydrogens is 500 g/mol. The second-order valence-electron chi connectivity index (χ2n) is 9.75. The van der Waals surface area contributed by atoms with Crippen LogP contribution in [0.1, 0.15) is 32.4 Å². The number of carbonyl (C=O) groups excluding carboxylic acids is 1. The highest BCUT2D eigenvalue weighted by molar-refractivity contribution is 7.89. The molecule has 1 saturated heterocycles. The summed E-state index contributed by atoms with van der Waals surface area (Å²) in [6.45, 7) is 8.21. The summed E-state index contributed by atoms with van der Waals surface area (Å²) in [6.07, 6.45) is 0. The molecule has 0 radical (unpaired) electrons. The molecule has 0 saturated carbocycles. The van der Waals surface area contributed by atoms with Gasteiger partial charge in [-0.15, -0.1) is 0 Å². The van der Waals surface area contributed by atoms with Gasteiger partial charge in [-0.25, -0.2) is 13.1 Å². The van der Waals surface area contributed by atoms with E-state index >= 15 is 0 Å². The van der Waals surface area contributed by atoms with Gasteiger partial charge in [-0.3, -0.25) is 4.79 Å². The molecule has 2 N–H and O–H groups in total. The lowest BCUT2D eigenvalue weighted by molar-refractivity contribution is -0.118. The van der Waals surface area contributed by atoms with Crippen molar-refractivity contribution in [2.24, 2.45) is 5.92 Å². The molecule has 1 aliphatic heterocycles. The van der Waals surface area contributed by atoms with Crippen molar-refractivity contribution in [3.8, 4) is 5.75 Å². The number of benzene rings is 3. The minimum atomic E-state index is -3.91. The highest BCUT2D eigenvalue weighted by Crippen LogP contribution is 2.32. The predicted octanol–water partition coefficient (Wildman–Crippen LogP) is 4.66. The Balaban J connectivity index is 1.59. The maximum Gasteiger partial charge on any atom is 0.243 e. The summed E-state index contributed by atoms with van der Waals surface area (Å²) in [5, 5.41) is 2.84. The smallest absolute Gasteiger partial charge is 0.243 e. The van der Waals surface area contributed by atoms with Crippen molar-refractivity contribution in [3.63, 3.8) is 0 Å². The third kappa shape index (κ3) is 6.46. The van der Waals surface area contributed by atoms with Crippen molar-refractivity contribution >= 4 is 33.0 Å². The maximum atomic E-state index is 13.7. The summed E-state index contributed by atoms with van der Waals surface area (Å²) in [6, 6.07) is 22.1. The Morgan fingerprint density at radius 1 is 0.868 bits per heavy atom. The lowest BCUT2D eigenvalue weighted by atomic mass is 10.1. The van der Waals surface area contributed by atoms with Gasteiger partial charge in [-0.2, -0.15) is 0 Å². The quantitative estimate of drug-likeness (QED) is 0.414. The van der Waals surface area contributed by atoms with Crippen LogP contribution in [0, 0.1) is 5.92 Å². The number of hydrogen-bond donors (Lipinski definition) is 2. The zero-order chi connectivity index (χ0) is 27.3. The number of nitrogens with one attached hydrogen (secondary N) is 2. The number of nitrogens with zero attached hydrogens (tertiary/aromatic N) is 2. The van der Waals surface area contributed by atoms with Crippen LogP contribution in [0.25, 0.3) is 0 Å². The Morgan fingerprint density at radius 2 is 1.50 bits per heavy atom. The molecule has 1 amide bonds. The fourth-order valence-electron chi connectivity index (χ4n) is 4.46. The van der Waals surface area contributed by atoms with E-state index in [2.05, 4.69) is 19.8 Å². The lowest BCUT2D eigenvalue weighted by Gasteiger charge is -2.38. The van der Waals surface area contributed by atoms with Crippen LogP contribution < -0.4 is 24.6 Å². The molecule has 1 aliphatic rings. The van der Waals surface area contributed by atoms with Crippen molar-refractivity contribution in [1.29, 1.82) is 0 Å². The summed E-state index contributed by atoms with van der Waals surface area (Å²) in [5.41, 5.74) is 3.05. The molecule has 3 aromatic carbocycles.